The Balaban J connectivity index is 1.45. The van der Waals surface area contributed by atoms with Gasteiger partial charge in [0.05, 0.1) is 18.9 Å². The topological polar surface area (TPSA) is 75.7 Å². The molecule has 1 saturated carbocycles. The normalized spacial score (nSPS) is 26.8. The van der Waals surface area contributed by atoms with Gasteiger partial charge in [-0.05, 0) is 36.0 Å². The van der Waals surface area contributed by atoms with E-state index in [-0.39, 0.29) is 47.8 Å². The number of amides is 3. The van der Waals surface area contributed by atoms with Crippen LogP contribution in [0.3, 0.4) is 0 Å². The van der Waals surface area contributed by atoms with Gasteiger partial charge >= 0.3 is 0 Å². The van der Waals surface area contributed by atoms with Gasteiger partial charge in [-0.25, -0.2) is 0 Å². The molecule has 2 aromatic rings. The summed E-state index contributed by atoms with van der Waals surface area (Å²) < 4.78 is 5.23. The minimum atomic E-state index is -0.904. The van der Waals surface area contributed by atoms with Gasteiger partial charge in [0.1, 0.15) is 11.8 Å². The molecule has 1 heterocycles. The van der Waals surface area contributed by atoms with Crippen molar-refractivity contribution in [3.8, 4) is 5.75 Å². The zero-order valence-corrected chi connectivity index (χ0v) is 17.2. The predicted octanol–water partition coefficient (Wildman–Crippen LogP) is 3.05. The molecule has 1 saturated heterocycles. The average Bonchev–Trinajstić information content (AvgIpc) is 3.47. The maximum atomic E-state index is 13.4. The second-order valence-corrected chi connectivity index (χ2v) is 8.47. The molecule has 0 spiro atoms. The lowest BCUT2D eigenvalue weighted by Crippen LogP contribution is -2.49. The number of ether oxygens (including phenoxy) is 1. The summed E-state index contributed by atoms with van der Waals surface area (Å²) in [5.41, 5.74) is 1.45. The van der Waals surface area contributed by atoms with Crippen molar-refractivity contribution < 1.29 is 19.1 Å². The number of carbonyl (C=O) groups excluding carboxylic acids is 3. The molecule has 6 nitrogen and oxygen atoms in total. The van der Waals surface area contributed by atoms with E-state index in [1.807, 2.05) is 30.3 Å². The third-order valence-corrected chi connectivity index (χ3v) is 6.73. The van der Waals surface area contributed by atoms with Crippen molar-refractivity contribution in [2.75, 3.05) is 12.4 Å². The van der Waals surface area contributed by atoms with E-state index in [2.05, 4.69) is 17.5 Å². The number of imide groups is 1. The van der Waals surface area contributed by atoms with Crippen molar-refractivity contribution in [3.63, 3.8) is 0 Å². The summed E-state index contributed by atoms with van der Waals surface area (Å²) in [5.74, 6) is -0.634. The van der Waals surface area contributed by atoms with E-state index in [9.17, 15) is 14.4 Å². The highest BCUT2D eigenvalue weighted by atomic mass is 16.5. The Kier molecular flexibility index (Phi) is 4.85. The Bertz CT molecular complexity index is 1030. The van der Waals surface area contributed by atoms with Crippen molar-refractivity contribution in [2.24, 2.45) is 23.7 Å². The van der Waals surface area contributed by atoms with E-state index in [0.717, 1.165) is 12.0 Å². The molecule has 3 amide bonds. The highest BCUT2D eigenvalue weighted by molar-refractivity contribution is 6.11. The fourth-order valence-corrected chi connectivity index (χ4v) is 5.30. The molecule has 6 heteroatoms. The van der Waals surface area contributed by atoms with Gasteiger partial charge in [0, 0.05) is 18.2 Å². The molecular weight excluding hydrogens is 392 g/mol. The standard InChI is InChI=1S/C25H24N2O4/c1-31-19-9-5-8-18(14-19)26-23(28)20(12-15-6-3-2-4-7-15)27-24(29)21-16-10-11-17(13-16)22(21)25(27)30/h2-11,14,16-17,20-22H,12-13H2,1H3,(H,26,28)/t16-,17+,20-,21-,22+/m1/s1. The predicted molar refractivity (Wildman–Crippen MR) is 115 cm³/mol. The van der Waals surface area contributed by atoms with E-state index < -0.39 is 6.04 Å². The van der Waals surface area contributed by atoms with Crippen LogP contribution in [0.2, 0.25) is 0 Å². The van der Waals surface area contributed by atoms with Crippen molar-refractivity contribution in [1.29, 1.82) is 0 Å². The molecule has 1 N–H and O–H groups in total. The van der Waals surface area contributed by atoms with Gasteiger partial charge in [-0.15, -0.1) is 0 Å². The Morgan fingerprint density at radius 2 is 1.71 bits per heavy atom. The number of nitrogens with zero attached hydrogens (tertiary/aromatic N) is 1. The highest BCUT2D eigenvalue weighted by Gasteiger charge is 2.61. The smallest absolute Gasteiger partial charge is 0.248 e. The summed E-state index contributed by atoms with van der Waals surface area (Å²) in [4.78, 5) is 41.3. The summed E-state index contributed by atoms with van der Waals surface area (Å²) in [7, 11) is 1.56. The molecule has 2 fully saturated rings. The van der Waals surface area contributed by atoms with Crippen molar-refractivity contribution >= 4 is 23.4 Å². The molecule has 0 aromatic heterocycles. The van der Waals surface area contributed by atoms with E-state index in [0.29, 0.717) is 11.4 Å². The summed E-state index contributed by atoms with van der Waals surface area (Å²) in [6.07, 6.45) is 5.25. The third kappa shape index (κ3) is 3.32. The second-order valence-electron chi connectivity index (χ2n) is 8.47. The molecular formula is C25H24N2O4. The minimum Gasteiger partial charge on any atom is -0.497 e. The molecule has 5 rings (SSSR count). The molecule has 3 aliphatic rings. The van der Waals surface area contributed by atoms with Gasteiger partial charge in [0.15, 0.2) is 0 Å². The van der Waals surface area contributed by atoms with Crippen LogP contribution in [0.25, 0.3) is 0 Å². The zero-order chi connectivity index (χ0) is 21.5. The lowest BCUT2D eigenvalue weighted by Gasteiger charge is -2.27. The number of benzene rings is 2. The number of rotatable bonds is 6. The lowest BCUT2D eigenvalue weighted by molar-refractivity contribution is -0.147. The van der Waals surface area contributed by atoms with Crippen molar-refractivity contribution in [3.05, 3.63) is 72.3 Å². The molecule has 158 valence electrons. The first-order valence-electron chi connectivity index (χ1n) is 10.6. The number of likely N-dealkylation sites (tertiary alicyclic amines) is 1. The number of allylic oxidation sites excluding steroid dienone is 2. The monoisotopic (exact) mass is 416 g/mol. The van der Waals surface area contributed by atoms with Gasteiger partial charge in [0.25, 0.3) is 0 Å². The van der Waals surface area contributed by atoms with Crippen LogP contribution in [0.4, 0.5) is 5.69 Å². The molecule has 0 unspecified atom stereocenters. The van der Waals surface area contributed by atoms with E-state index in [1.165, 1.54) is 4.90 Å². The Morgan fingerprint density at radius 1 is 1.03 bits per heavy atom. The van der Waals surface area contributed by atoms with Crippen LogP contribution in [0.5, 0.6) is 5.75 Å². The number of hydrogen-bond donors (Lipinski definition) is 1. The summed E-state index contributed by atoms with van der Waals surface area (Å²) in [6.45, 7) is 0. The first kappa shape index (κ1) is 19.5. The second kappa shape index (κ2) is 7.69. The van der Waals surface area contributed by atoms with E-state index >= 15 is 0 Å². The fraction of sp³-hybridized carbons (Fsp3) is 0.320. The Morgan fingerprint density at radius 3 is 2.35 bits per heavy atom. The number of fused-ring (bicyclic) bond motifs is 5. The first-order chi connectivity index (χ1) is 15.1. The van der Waals surface area contributed by atoms with Gasteiger partial charge in [-0.1, -0.05) is 48.6 Å². The number of nitrogens with one attached hydrogen (secondary N) is 1. The summed E-state index contributed by atoms with van der Waals surface area (Å²) >= 11 is 0. The number of methoxy groups -OCH3 is 1. The third-order valence-electron chi connectivity index (χ3n) is 6.73. The molecule has 2 aliphatic carbocycles. The molecule has 5 atom stereocenters. The molecule has 31 heavy (non-hydrogen) atoms. The van der Waals surface area contributed by atoms with E-state index in [1.54, 1.807) is 31.4 Å². The van der Waals surface area contributed by atoms with Gasteiger partial charge in [0.2, 0.25) is 17.7 Å². The number of hydrogen-bond acceptors (Lipinski definition) is 4. The zero-order valence-electron chi connectivity index (χ0n) is 17.2. The SMILES string of the molecule is COc1cccc(NC(=O)[C@@H](Cc2ccccc2)N2C(=O)[C@@H]3[C@H](C2=O)[C@@H]2C=C[C@H]3C2)c1. The molecule has 2 bridgehead atoms. The quantitative estimate of drug-likeness (QED) is 0.580. The van der Waals surface area contributed by atoms with Gasteiger partial charge in [-0.2, -0.15) is 0 Å². The van der Waals surface area contributed by atoms with Gasteiger partial charge < -0.3 is 10.1 Å². The summed E-state index contributed by atoms with van der Waals surface area (Å²) in [6, 6.07) is 15.6. The number of anilines is 1. The highest BCUT2D eigenvalue weighted by Crippen LogP contribution is 2.53. The largest absolute Gasteiger partial charge is 0.497 e. The Labute approximate surface area is 180 Å². The van der Waals surface area contributed by atoms with E-state index in [4.69, 9.17) is 4.74 Å². The van der Waals surface area contributed by atoms with Crippen LogP contribution in [-0.2, 0) is 20.8 Å². The molecule has 2 aromatic carbocycles. The van der Waals surface area contributed by atoms with Crippen LogP contribution in [-0.4, -0.2) is 35.8 Å². The number of carbonyl (C=O) groups is 3. The average molecular weight is 416 g/mol. The fourth-order valence-electron chi connectivity index (χ4n) is 5.30. The summed E-state index contributed by atoms with van der Waals surface area (Å²) in [5, 5.41) is 2.88. The first-order valence-corrected chi connectivity index (χ1v) is 10.6. The van der Waals surface area contributed by atoms with Crippen molar-refractivity contribution in [1.82, 2.24) is 4.90 Å². The van der Waals surface area contributed by atoms with Crippen LogP contribution in [0.1, 0.15) is 12.0 Å². The van der Waals surface area contributed by atoms with Crippen LogP contribution in [0, 0.1) is 23.7 Å². The van der Waals surface area contributed by atoms with Crippen LogP contribution in [0.15, 0.2) is 66.7 Å². The molecule has 0 radical (unpaired) electrons. The minimum absolute atomic E-state index is 0.107. The maximum absolute atomic E-state index is 13.4. The maximum Gasteiger partial charge on any atom is 0.248 e. The van der Waals surface area contributed by atoms with Crippen LogP contribution < -0.4 is 10.1 Å². The van der Waals surface area contributed by atoms with Gasteiger partial charge in [-0.3, -0.25) is 19.3 Å². The Hall–Kier alpha value is -3.41. The van der Waals surface area contributed by atoms with Crippen LogP contribution >= 0.6 is 0 Å². The molecule has 1 aliphatic heterocycles. The lowest BCUT2D eigenvalue weighted by atomic mass is 9.85. The van der Waals surface area contributed by atoms with Crippen molar-refractivity contribution in [2.45, 2.75) is 18.9 Å².